The lowest BCUT2D eigenvalue weighted by Gasteiger charge is -2.13. The van der Waals surface area contributed by atoms with Gasteiger partial charge >= 0.3 is 0 Å². The van der Waals surface area contributed by atoms with Gasteiger partial charge in [-0.2, -0.15) is 5.10 Å². The molecular weight excluding hydrogens is 236 g/mol. The van der Waals surface area contributed by atoms with E-state index in [0.717, 1.165) is 16.8 Å². The predicted octanol–water partition coefficient (Wildman–Crippen LogP) is 3.28. The Morgan fingerprint density at radius 2 is 2.12 bits per heavy atom. The molecular formula is C13H15ClN2O. The molecule has 0 radical (unpaired) electrons. The Bertz CT molecular complexity index is 520. The van der Waals surface area contributed by atoms with Gasteiger partial charge in [-0.15, -0.1) is 0 Å². The summed E-state index contributed by atoms with van der Waals surface area (Å²) in [7, 11) is 0. The molecule has 0 saturated heterocycles. The van der Waals surface area contributed by atoms with Crippen LogP contribution in [0.15, 0.2) is 30.5 Å². The lowest BCUT2D eigenvalue weighted by atomic mass is 10.0. The lowest BCUT2D eigenvalue weighted by molar-refractivity contribution is 0.282. The molecule has 90 valence electrons. The van der Waals surface area contributed by atoms with E-state index < -0.39 is 0 Å². The number of aliphatic hydroxyl groups excluding tert-OH is 1. The normalized spacial score (nSPS) is 11.1. The summed E-state index contributed by atoms with van der Waals surface area (Å²) >= 11 is 5.93. The molecule has 1 aromatic carbocycles. The molecule has 4 heteroatoms. The number of benzene rings is 1. The molecule has 1 N–H and O–H groups in total. The summed E-state index contributed by atoms with van der Waals surface area (Å²) < 4.78 is 1.93. The molecule has 1 heterocycles. The summed E-state index contributed by atoms with van der Waals surface area (Å²) in [4.78, 5) is 0. The maximum atomic E-state index is 9.38. The molecule has 0 saturated carbocycles. The largest absolute Gasteiger partial charge is 0.392 e. The molecule has 1 aromatic heterocycles. The van der Waals surface area contributed by atoms with E-state index in [1.54, 1.807) is 12.3 Å². The van der Waals surface area contributed by atoms with Crippen LogP contribution < -0.4 is 0 Å². The summed E-state index contributed by atoms with van der Waals surface area (Å²) in [5.41, 5.74) is 2.80. The van der Waals surface area contributed by atoms with Crippen LogP contribution in [0.3, 0.4) is 0 Å². The zero-order valence-corrected chi connectivity index (χ0v) is 10.6. The number of aliphatic hydroxyl groups is 1. The highest BCUT2D eigenvalue weighted by Gasteiger charge is 2.11. The van der Waals surface area contributed by atoms with Gasteiger partial charge in [-0.3, -0.25) is 4.68 Å². The number of halogens is 1. The summed E-state index contributed by atoms with van der Waals surface area (Å²) in [6.07, 6.45) is 1.77. The molecule has 0 bridgehead atoms. The third kappa shape index (κ3) is 2.35. The summed E-state index contributed by atoms with van der Waals surface area (Å²) in [6.45, 7) is 4.12. The van der Waals surface area contributed by atoms with E-state index in [-0.39, 0.29) is 12.6 Å². The van der Waals surface area contributed by atoms with E-state index in [4.69, 9.17) is 11.6 Å². The fourth-order valence-corrected chi connectivity index (χ4v) is 2.08. The van der Waals surface area contributed by atoms with E-state index >= 15 is 0 Å². The number of hydrogen-bond donors (Lipinski definition) is 1. The van der Waals surface area contributed by atoms with E-state index in [1.807, 2.05) is 22.9 Å². The van der Waals surface area contributed by atoms with Gasteiger partial charge in [0.05, 0.1) is 12.3 Å². The average Bonchev–Trinajstić information content (AvgIpc) is 2.77. The average molecular weight is 251 g/mol. The van der Waals surface area contributed by atoms with Crippen molar-refractivity contribution in [2.24, 2.45) is 0 Å². The molecule has 0 fully saturated rings. The molecule has 0 atom stereocenters. The Balaban J connectivity index is 2.56. The van der Waals surface area contributed by atoms with Gasteiger partial charge in [0, 0.05) is 22.8 Å². The molecule has 0 amide bonds. The third-order valence-electron chi connectivity index (χ3n) is 2.67. The van der Waals surface area contributed by atoms with Gasteiger partial charge in [-0.1, -0.05) is 17.7 Å². The minimum absolute atomic E-state index is 0.0286. The molecule has 0 aliphatic heterocycles. The second-order valence-corrected chi connectivity index (χ2v) is 4.65. The van der Waals surface area contributed by atoms with Crippen LogP contribution in [0.5, 0.6) is 0 Å². The molecule has 0 aliphatic rings. The Kier molecular flexibility index (Phi) is 3.50. The lowest BCUT2D eigenvalue weighted by Crippen LogP contribution is -2.05. The first-order valence-electron chi connectivity index (χ1n) is 5.56. The van der Waals surface area contributed by atoms with Crippen molar-refractivity contribution in [3.8, 4) is 11.3 Å². The van der Waals surface area contributed by atoms with Crippen LogP contribution in [0.25, 0.3) is 11.3 Å². The second kappa shape index (κ2) is 4.90. The summed E-state index contributed by atoms with van der Waals surface area (Å²) in [5, 5.41) is 14.3. The smallest absolute Gasteiger partial charge is 0.0688 e. The van der Waals surface area contributed by atoms with Crippen molar-refractivity contribution in [3.05, 3.63) is 41.0 Å². The van der Waals surface area contributed by atoms with Crippen molar-refractivity contribution in [1.29, 1.82) is 0 Å². The highest BCUT2D eigenvalue weighted by Crippen LogP contribution is 2.28. The molecule has 0 unspecified atom stereocenters. The minimum Gasteiger partial charge on any atom is -0.392 e. The number of nitrogens with zero attached hydrogens (tertiary/aromatic N) is 2. The zero-order chi connectivity index (χ0) is 12.4. The Morgan fingerprint density at radius 3 is 2.76 bits per heavy atom. The van der Waals surface area contributed by atoms with Crippen LogP contribution in [0.2, 0.25) is 5.02 Å². The molecule has 0 spiro atoms. The number of hydrogen-bond acceptors (Lipinski definition) is 2. The van der Waals surface area contributed by atoms with Crippen molar-refractivity contribution in [1.82, 2.24) is 9.78 Å². The van der Waals surface area contributed by atoms with E-state index in [9.17, 15) is 5.11 Å². The van der Waals surface area contributed by atoms with Crippen LogP contribution in [0, 0.1) is 0 Å². The second-order valence-electron chi connectivity index (χ2n) is 4.21. The summed E-state index contributed by atoms with van der Waals surface area (Å²) in [6, 6.07) is 7.76. The SMILES string of the molecule is CC(C)n1nccc1-c1ccc(Cl)cc1CO. The van der Waals surface area contributed by atoms with E-state index in [0.29, 0.717) is 5.02 Å². The number of aromatic nitrogens is 2. The Morgan fingerprint density at radius 1 is 1.35 bits per heavy atom. The minimum atomic E-state index is -0.0286. The van der Waals surface area contributed by atoms with Crippen LogP contribution >= 0.6 is 11.6 Å². The quantitative estimate of drug-likeness (QED) is 0.908. The zero-order valence-electron chi connectivity index (χ0n) is 9.89. The van der Waals surface area contributed by atoms with Gasteiger partial charge in [0.1, 0.15) is 0 Å². The van der Waals surface area contributed by atoms with Gasteiger partial charge in [0.15, 0.2) is 0 Å². The van der Waals surface area contributed by atoms with Crippen LogP contribution in [0.4, 0.5) is 0 Å². The van der Waals surface area contributed by atoms with Gasteiger partial charge in [0.2, 0.25) is 0 Å². The van der Waals surface area contributed by atoms with Crippen molar-refractivity contribution in [3.63, 3.8) is 0 Å². The van der Waals surface area contributed by atoms with Gasteiger partial charge in [0.25, 0.3) is 0 Å². The first kappa shape index (κ1) is 12.1. The van der Waals surface area contributed by atoms with Crippen LogP contribution in [0.1, 0.15) is 25.5 Å². The fourth-order valence-electron chi connectivity index (χ4n) is 1.88. The highest BCUT2D eigenvalue weighted by molar-refractivity contribution is 6.30. The number of rotatable bonds is 3. The fraction of sp³-hybridized carbons (Fsp3) is 0.308. The maximum absolute atomic E-state index is 9.38. The van der Waals surface area contributed by atoms with E-state index in [1.165, 1.54) is 0 Å². The van der Waals surface area contributed by atoms with Crippen molar-refractivity contribution in [2.75, 3.05) is 0 Å². The highest BCUT2D eigenvalue weighted by atomic mass is 35.5. The molecule has 2 aromatic rings. The Hall–Kier alpha value is -1.32. The molecule has 17 heavy (non-hydrogen) atoms. The first-order chi connectivity index (χ1) is 8.13. The van der Waals surface area contributed by atoms with Gasteiger partial charge < -0.3 is 5.11 Å². The topological polar surface area (TPSA) is 38.0 Å². The van der Waals surface area contributed by atoms with Crippen molar-refractivity contribution >= 4 is 11.6 Å². The van der Waals surface area contributed by atoms with Crippen molar-refractivity contribution < 1.29 is 5.11 Å². The molecule has 0 aliphatic carbocycles. The molecule has 3 nitrogen and oxygen atoms in total. The standard InChI is InChI=1S/C13H15ClN2O/c1-9(2)16-13(5-6-15-16)12-4-3-11(14)7-10(12)8-17/h3-7,9,17H,8H2,1-2H3. The monoisotopic (exact) mass is 250 g/mol. The van der Waals surface area contributed by atoms with Gasteiger partial charge in [-0.05, 0) is 37.6 Å². The van der Waals surface area contributed by atoms with Crippen molar-refractivity contribution in [2.45, 2.75) is 26.5 Å². The first-order valence-corrected chi connectivity index (χ1v) is 5.94. The van der Waals surface area contributed by atoms with Crippen LogP contribution in [-0.2, 0) is 6.61 Å². The maximum Gasteiger partial charge on any atom is 0.0688 e. The third-order valence-corrected chi connectivity index (χ3v) is 2.91. The predicted molar refractivity (Wildman–Crippen MR) is 69.0 cm³/mol. The summed E-state index contributed by atoms with van der Waals surface area (Å²) in [5.74, 6) is 0. The van der Waals surface area contributed by atoms with Gasteiger partial charge in [-0.25, -0.2) is 0 Å². The molecule has 2 rings (SSSR count). The van der Waals surface area contributed by atoms with E-state index in [2.05, 4.69) is 18.9 Å². The van der Waals surface area contributed by atoms with Crippen LogP contribution in [-0.4, -0.2) is 14.9 Å². The Labute approximate surface area is 106 Å².